The zero-order valence-electron chi connectivity index (χ0n) is 9.93. The zero-order chi connectivity index (χ0) is 12.0. The van der Waals surface area contributed by atoms with Crippen molar-refractivity contribution in [3.63, 3.8) is 0 Å². The van der Waals surface area contributed by atoms with Crippen LogP contribution >= 0.6 is 0 Å². The Morgan fingerprint density at radius 3 is 2.69 bits per heavy atom. The Hall–Kier alpha value is -1.13. The molecule has 1 rings (SSSR count). The van der Waals surface area contributed by atoms with Crippen LogP contribution in [0, 0.1) is 0 Å². The number of hydrogen-bond donors (Lipinski definition) is 2. The summed E-state index contributed by atoms with van der Waals surface area (Å²) in [5.41, 5.74) is 1.72. The second-order valence-corrected chi connectivity index (χ2v) is 4.03. The van der Waals surface area contributed by atoms with E-state index in [0.29, 0.717) is 11.7 Å². The van der Waals surface area contributed by atoms with Crippen molar-refractivity contribution in [1.29, 1.82) is 0 Å². The van der Waals surface area contributed by atoms with E-state index in [-0.39, 0.29) is 13.2 Å². The predicted molar refractivity (Wildman–Crippen MR) is 64.3 cm³/mol. The van der Waals surface area contributed by atoms with Gasteiger partial charge < -0.3 is 15.1 Å². The van der Waals surface area contributed by atoms with E-state index in [1.807, 2.05) is 12.1 Å². The van der Waals surface area contributed by atoms with Crippen LogP contribution in [0.4, 0.5) is 5.69 Å². The van der Waals surface area contributed by atoms with Gasteiger partial charge in [0.15, 0.2) is 0 Å². The Bertz CT molecular complexity index is 316. The van der Waals surface area contributed by atoms with Crippen LogP contribution in [0.3, 0.4) is 0 Å². The highest BCUT2D eigenvalue weighted by molar-refractivity contribution is 5.47. The van der Waals surface area contributed by atoms with Gasteiger partial charge in [-0.05, 0) is 32.4 Å². The molecule has 0 saturated heterocycles. The van der Waals surface area contributed by atoms with Gasteiger partial charge in [-0.15, -0.1) is 0 Å². The van der Waals surface area contributed by atoms with Crippen molar-refractivity contribution in [1.82, 2.24) is 4.98 Å². The van der Waals surface area contributed by atoms with E-state index in [2.05, 4.69) is 23.7 Å². The lowest BCUT2D eigenvalue weighted by Gasteiger charge is -2.29. The summed E-state index contributed by atoms with van der Waals surface area (Å²) < 4.78 is 0. The summed E-state index contributed by atoms with van der Waals surface area (Å²) in [6.45, 7) is 5.18. The number of pyridine rings is 1. The summed E-state index contributed by atoms with van der Waals surface area (Å²) >= 11 is 0. The second-order valence-electron chi connectivity index (χ2n) is 4.03. The van der Waals surface area contributed by atoms with E-state index < -0.39 is 0 Å². The third-order valence-corrected chi connectivity index (χ3v) is 2.47. The fraction of sp³-hybridized carbons (Fsp3) is 0.583. The highest BCUT2D eigenvalue weighted by atomic mass is 16.3. The number of aromatic nitrogens is 1. The summed E-state index contributed by atoms with van der Waals surface area (Å²) in [5, 5.41) is 17.9. The fourth-order valence-electron chi connectivity index (χ4n) is 1.66. The summed E-state index contributed by atoms with van der Waals surface area (Å²) in [7, 11) is 0. The molecule has 0 bridgehead atoms. The van der Waals surface area contributed by atoms with E-state index in [0.717, 1.165) is 18.7 Å². The summed E-state index contributed by atoms with van der Waals surface area (Å²) in [4.78, 5) is 6.25. The maximum absolute atomic E-state index is 9.04. The second kappa shape index (κ2) is 6.45. The van der Waals surface area contributed by atoms with E-state index in [4.69, 9.17) is 10.2 Å². The number of hydrogen-bond acceptors (Lipinski definition) is 4. The first-order valence-corrected chi connectivity index (χ1v) is 5.62. The first-order chi connectivity index (χ1) is 7.69. The largest absolute Gasteiger partial charge is 0.396 e. The molecule has 1 aromatic heterocycles. The summed E-state index contributed by atoms with van der Waals surface area (Å²) in [5.74, 6) is 0. The molecule has 4 nitrogen and oxygen atoms in total. The molecule has 0 aromatic carbocycles. The molecular formula is C12H20N2O2. The molecule has 0 aliphatic rings. The molecule has 0 radical (unpaired) electrons. The Balaban J connectivity index is 2.82. The topological polar surface area (TPSA) is 56.6 Å². The minimum atomic E-state index is -0.0419. The first kappa shape index (κ1) is 12.9. The molecule has 0 saturated carbocycles. The standard InChI is InChI=1S/C12H20N2O2/c1-10(2)14(6-3-7-15)12-4-5-13-11(8-12)9-16/h4-5,8,10,15-16H,3,6-7,9H2,1-2H3. The van der Waals surface area contributed by atoms with Gasteiger partial charge in [0, 0.05) is 31.1 Å². The van der Waals surface area contributed by atoms with E-state index in [9.17, 15) is 0 Å². The van der Waals surface area contributed by atoms with E-state index >= 15 is 0 Å². The van der Waals surface area contributed by atoms with Crippen LogP contribution in [0.1, 0.15) is 26.0 Å². The minimum Gasteiger partial charge on any atom is -0.396 e. The van der Waals surface area contributed by atoms with Crippen molar-refractivity contribution in [2.45, 2.75) is 32.9 Å². The number of nitrogens with zero attached hydrogens (tertiary/aromatic N) is 2. The maximum atomic E-state index is 9.04. The number of rotatable bonds is 6. The van der Waals surface area contributed by atoms with Gasteiger partial charge in [0.1, 0.15) is 0 Å². The van der Waals surface area contributed by atoms with Gasteiger partial charge in [0.25, 0.3) is 0 Å². The van der Waals surface area contributed by atoms with Crippen LogP contribution in [-0.4, -0.2) is 34.4 Å². The Morgan fingerprint density at radius 2 is 2.12 bits per heavy atom. The monoisotopic (exact) mass is 224 g/mol. The lowest BCUT2D eigenvalue weighted by molar-refractivity contribution is 0.276. The van der Waals surface area contributed by atoms with Crippen LogP contribution in [-0.2, 0) is 6.61 Å². The van der Waals surface area contributed by atoms with Crippen LogP contribution < -0.4 is 4.90 Å². The van der Waals surface area contributed by atoms with Gasteiger partial charge >= 0.3 is 0 Å². The van der Waals surface area contributed by atoms with Crippen molar-refractivity contribution < 1.29 is 10.2 Å². The SMILES string of the molecule is CC(C)N(CCCO)c1ccnc(CO)c1. The van der Waals surface area contributed by atoms with Crippen molar-refractivity contribution >= 4 is 5.69 Å². The third kappa shape index (κ3) is 3.47. The summed E-state index contributed by atoms with van der Waals surface area (Å²) in [6, 6.07) is 4.17. The fourth-order valence-corrected chi connectivity index (χ4v) is 1.66. The Kier molecular flexibility index (Phi) is 5.22. The lowest BCUT2D eigenvalue weighted by Crippen LogP contribution is -2.32. The van der Waals surface area contributed by atoms with Gasteiger partial charge in [-0.25, -0.2) is 0 Å². The normalized spacial score (nSPS) is 10.8. The molecule has 0 fully saturated rings. The molecule has 1 heterocycles. The van der Waals surface area contributed by atoms with Crippen molar-refractivity contribution in [3.05, 3.63) is 24.0 Å². The molecule has 0 spiro atoms. The molecule has 0 amide bonds. The maximum Gasteiger partial charge on any atom is 0.0853 e. The molecule has 0 aliphatic carbocycles. The highest BCUT2D eigenvalue weighted by Gasteiger charge is 2.10. The molecular weight excluding hydrogens is 204 g/mol. The van der Waals surface area contributed by atoms with Crippen LogP contribution in [0.15, 0.2) is 18.3 Å². The summed E-state index contributed by atoms with van der Waals surface area (Å²) in [6.07, 6.45) is 2.45. The van der Waals surface area contributed by atoms with Crippen LogP contribution in [0.2, 0.25) is 0 Å². The molecule has 0 aliphatic heterocycles. The van der Waals surface area contributed by atoms with Gasteiger partial charge in [0.05, 0.1) is 12.3 Å². The lowest BCUT2D eigenvalue weighted by atomic mass is 10.2. The molecule has 2 N–H and O–H groups in total. The minimum absolute atomic E-state index is 0.0419. The van der Waals surface area contributed by atoms with Gasteiger partial charge in [-0.1, -0.05) is 0 Å². The quantitative estimate of drug-likeness (QED) is 0.761. The molecule has 90 valence electrons. The average Bonchev–Trinajstić information content (AvgIpc) is 2.29. The first-order valence-electron chi connectivity index (χ1n) is 5.62. The van der Waals surface area contributed by atoms with Crippen molar-refractivity contribution in [2.75, 3.05) is 18.1 Å². The van der Waals surface area contributed by atoms with Crippen LogP contribution in [0.5, 0.6) is 0 Å². The zero-order valence-corrected chi connectivity index (χ0v) is 9.93. The molecule has 4 heteroatoms. The molecule has 0 atom stereocenters. The number of anilines is 1. The van der Waals surface area contributed by atoms with Crippen molar-refractivity contribution in [3.8, 4) is 0 Å². The van der Waals surface area contributed by atoms with Crippen molar-refractivity contribution in [2.24, 2.45) is 0 Å². The van der Waals surface area contributed by atoms with Gasteiger partial charge in [0.2, 0.25) is 0 Å². The third-order valence-electron chi connectivity index (χ3n) is 2.47. The average molecular weight is 224 g/mol. The van der Waals surface area contributed by atoms with Gasteiger partial charge in [-0.3, -0.25) is 4.98 Å². The van der Waals surface area contributed by atoms with Crippen LogP contribution in [0.25, 0.3) is 0 Å². The Labute approximate surface area is 96.6 Å². The molecule has 16 heavy (non-hydrogen) atoms. The number of aliphatic hydroxyl groups is 2. The van der Waals surface area contributed by atoms with E-state index in [1.165, 1.54) is 0 Å². The molecule has 1 aromatic rings. The highest BCUT2D eigenvalue weighted by Crippen LogP contribution is 2.17. The smallest absolute Gasteiger partial charge is 0.0853 e. The van der Waals surface area contributed by atoms with Gasteiger partial charge in [-0.2, -0.15) is 0 Å². The number of aliphatic hydroxyl groups excluding tert-OH is 2. The Morgan fingerprint density at radius 1 is 1.38 bits per heavy atom. The predicted octanol–water partition coefficient (Wildman–Crippen LogP) is 1.17. The van der Waals surface area contributed by atoms with E-state index in [1.54, 1.807) is 6.20 Å². The molecule has 0 unspecified atom stereocenters.